The number of hydrogen-bond acceptors (Lipinski definition) is 4. The standard InChI is InChI=1S/C23H23ClN4O3/c1-5-20(29)28-12-23(13-28,16-7-6-8-17(24)14(16)2)25-15-9-10-18-19(11-15)27(4)22(31)21(30)26(18)3/h5-11,25H,1,12-13H2,2-4H3. The van der Waals surface area contributed by atoms with E-state index in [1.54, 1.807) is 19.0 Å². The molecule has 1 fully saturated rings. The summed E-state index contributed by atoms with van der Waals surface area (Å²) in [6.45, 7) is 6.43. The lowest BCUT2D eigenvalue weighted by atomic mass is 9.79. The maximum absolute atomic E-state index is 12.3. The van der Waals surface area contributed by atoms with Crippen LogP contribution in [-0.4, -0.2) is 33.0 Å². The summed E-state index contributed by atoms with van der Waals surface area (Å²) in [6.07, 6.45) is 1.31. The minimum atomic E-state index is -0.584. The summed E-state index contributed by atoms with van der Waals surface area (Å²) < 4.78 is 2.71. The Morgan fingerprint density at radius 2 is 1.74 bits per heavy atom. The van der Waals surface area contributed by atoms with Gasteiger partial charge in [0, 0.05) is 24.8 Å². The number of benzene rings is 2. The van der Waals surface area contributed by atoms with Crippen LogP contribution < -0.4 is 16.4 Å². The maximum Gasteiger partial charge on any atom is 0.316 e. The number of rotatable bonds is 4. The number of fused-ring (bicyclic) bond motifs is 1. The van der Waals surface area contributed by atoms with Crippen LogP contribution in [0.2, 0.25) is 5.02 Å². The van der Waals surface area contributed by atoms with Gasteiger partial charge in [-0.3, -0.25) is 14.4 Å². The third-order valence-corrected chi connectivity index (χ3v) is 6.47. The fraction of sp³-hybridized carbons (Fsp3) is 0.261. The quantitative estimate of drug-likeness (QED) is 0.501. The Balaban J connectivity index is 1.81. The second-order valence-electron chi connectivity index (χ2n) is 7.95. The largest absolute Gasteiger partial charge is 0.372 e. The normalized spacial score (nSPS) is 14.9. The van der Waals surface area contributed by atoms with Crippen LogP contribution in [0.1, 0.15) is 11.1 Å². The van der Waals surface area contributed by atoms with Crippen molar-refractivity contribution in [3.8, 4) is 0 Å². The van der Waals surface area contributed by atoms with Crippen LogP contribution in [0.3, 0.4) is 0 Å². The number of carbonyl (C=O) groups is 1. The van der Waals surface area contributed by atoms with Crippen molar-refractivity contribution in [3.05, 3.63) is 85.9 Å². The van der Waals surface area contributed by atoms with Crippen LogP contribution in [0.15, 0.2) is 58.6 Å². The zero-order chi connectivity index (χ0) is 22.5. The van der Waals surface area contributed by atoms with E-state index < -0.39 is 16.7 Å². The van der Waals surface area contributed by atoms with Gasteiger partial charge in [-0.25, -0.2) is 0 Å². The number of aryl methyl sites for hydroxylation is 2. The molecule has 0 aliphatic carbocycles. The van der Waals surface area contributed by atoms with Gasteiger partial charge in [-0.1, -0.05) is 30.3 Å². The fourth-order valence-electron chi connectivity index (χ4n) is 4.27. The lowest BCUT2D eigenvalue weighted by Crippen LogP contribution is -2.65. The van der Waals surface area contributed by atoms with E-state index >= 15 is 0 Å². The van der Waals surface area contributed by atoms with Crippen LogP contribution in [0.25, 0.3) is 11.0 Å². The van der Waals surface area contributed by atoms with Crippen molar-refractivity contribution in [1.29, 1.82) is 0 Å². The molecule has 0 unspecified atom stereocenters. The smallest absolute Gasteiger partial charge is 0.316 e. The number of amides is 1. The monoisotopic (exact) mass is 438 g/mol. The molecule has 1 N–H and O–H groups in total. The van der Waals surface area contributed by atoms with Crippen molar-refractivity contribution in [2.75, 3.05) is 18.4 Å². The topological polar surface area (TPSA) is 76.3 Å². The SMILES string of the molecule is C=CC(=O)N1CC(Nc2ccc3c(c2)n(C)c(=O)c(=O)n3C)(c2cccc(Cl)c2C)C1. The number of anilines is 1. The van der Waals surface area contributed by atoms with Crippen molar-refractivity contribution in [1.82, 2.24) is 14.0 Å². The summed E-state index contributed by atoms with van der Waals surface area (Å²) in [5.74, 6) is -0.131. The average Bonchev–Trinajstić information content (AvgIpc) is 2.74. The predicted molar refractivity (Wildman–Crippen MR) is 123 cm³/mol. The van der Waals surface area contributed by atoms with Gasteiger partial charge in [0.05, 0.1) is 29.7 Å². The Morgan fingerprint density at radius 1 is 1.10 bits per heavy atom. The van der Waals surface area contributed by atoms with Crippen molar-refractivity contribution >= 4 is 34.2 Å². The van der Waals surface area contributed by atoms with E-state index in [0.717, 1.165) is 16.8 Å². The van der Waals surface area contributed by atoms with Crippen molar-refractivity contribution in [2.24, 2.45) is 14.1 Å². The highest BCUT2D eigenvalue weighted by Gasteiger charge is 2.47. The number of nitrogens with one attached hydrogen (secondary N) is 1. The van der Waals surface area contributed by atoms with Gasteiger partial charge >= 0.3 is 11.1 Å². The van der Waals surface area contributed by atoms with Crippen LogP contribution in [-0.2, 0) is 24.4 Å². The van der Waals surface area contributed by atoms with Crippen molar-refractivity contribution < 1.29 is 4.79 Å². The molecule has 31 heavy (non-hydrogen) atoms. The molecule has 0 atom stereocenters. The van der Waals surface area contributed by atoms with Gasteiger partial charge in [0.1, 0.15) is 0 Å². The molecule has 1 aliphatic rings. The van der Waals surface area contributed by atoms with Gasteiger partial charge < -0.3 is 19.4 Å². The zero-order valence-corrected chi connectivity index (χ0v) is 18.4. The number of carbonyl (C=O) groups excluding carboxylic acids is 1. The molecule has 1 aliphatic heterocycles. The third kappa shape index (κ3) is 3.25. The Kier molecular flexibility index (Phi) is 5.01. The average molecular weight is 439 g/mol. The van der Waals surface area contributed by atoms with Crippen LogP contribution in [0, 0.1) is 6.92 Å². The van der Waals surface area contributed by atoms with Gasteiger partial charge in [-0.2, -0.15) is 0 Å². The van der Waals surface area contributed by atoms with Gasteiger partial charge in [-0.05, 0) is 48.4 Å². The molecule has 1 aromatic heterocycles. The first-order chi connectivity index (χ1) is 14.7. The highest BCUT2D eigenvalue weighted by molar-refractivity contribution is 6.31. The second-order valence-corrected chi connectivity index (χ2v) is 8.36. The third-order valence-electron chi connectivity index (χ3n) is 6.07. The molecule has 160 valence electrons. The van der Waals surface area contributed by atoms with Crippen LogP contribution in [0.5, 0.6) is 0 Å². The Labute approximate surface area is 184 Å². The zero-order valence-electron chi connectivity index (χ0n) is 17.6. The van der Waals surface area contributed by atoms with Gasteiger partial charge in [0.2, 0.25) is 5.91 Å². The molecule has 4 rings (SSSR count). The Hall–Kier alpha value is -3.32. The maximum atomic E-state index is 12.3. The van der Waals surface area contributed by atoms with Gasteiger partial charge in [-0.15, -0.1) is 0 Å². The van der Waals surface area contributed by atoms with Crippen molar-refractivity contribution in [2.45, 2.75) is 12.5 Å². The number of hydrogen-bond donors (Lipinski definition) is 1. The number of nitrogens with zero attached hydrogens (tertiary/aromatic N) is 3. The summed E-state index contributed by atoms with van der Waals surface area (Å²) in [5.41, 5.74) is 2.31. The molecule has 0 spiro atoms. The molecule has 2 heterocycles. The summed E-state index contributed by atoms with van der Waals surface area (Å²) in [6, 6.07) is 11.3. The first-order valence-corrected chi connectivity index (χ1v) is 10.2. The fourth-order valence-corrected chi connectivity index (χ4v) is 4.44. The predicted octanol–water partition coefficient (Wildman–Crippen LogP) is 2.53. The molecule has 1 saturated heterocycles. The lowest BCUT2D eigenvalue weighted by Gasteiger charge is -2.51. The van der Waals surface area contributed by atoms with Crippen LogP contribution in [0.4, 0.5) is 5.69 Å². The molecule has 1 amide bonds. The molecule has 0 bridgehead atoms. The highest BCUT2D eigenvalue weighted by Crippen LogP contribution is 2.39. The molecule has 3 aromatic rings. The number of halogens is 1. The first kappa shape index (κ1) is 20.9. The minimum Gasteiger partial charge on any atom is -0.372 e. The molecular formula is C23H23ClN4O3. The van der Waals surface area contributed by atoms with Gasteiger partial charge in [0.15, 0.2) is 0 Å². The van der Waals surface area contributed by atoms with E-state index in [1.165, 1.54) is 15.2 Å². The molecule has 8 heteroatoms. The molecule has 0 radical (unpaired) electrons. The summed E-state index contributed by atoms with van der Waals surface area (Å²) >= 11 is 6.38. The Bertz CT molecular complexity index is 1350. The van der Waals surface area contributed by atoms with E-state index in [4.69, 9.17) is 11.6 Å². The molecule has 0 saturated carbocycles. The second kappa shape index (κ2) is 7.42. The van der Waals surface area contributed by atoms with E-state index in [0.29, 0.717) is 29.1 Å². The number of aromatic nitrogens is 2. The van der Waals surface area contributed by atoms with Crippen molar-refractivity contribution in [3.63, 3.8) is 0 Å². The molecule has 2 aromatic carbocycles. The number of likely N-dealkylation sites (tertiary alicyclic amines) is 1. The lowest BCUT2D eigenvalue weighted by molar-refractivity contribution is -0.132. The highest BCUT2D eigenvalue weighted by atomic mass is 35.5. The van der Waals surface area contributed by atoms with Gasteiger partial charge in [0.25, 0.3) is 0 Å². The van der Waals surface area contributed by atoms with Crippen LogP contribution >= 0.6 is 11.6 Å². The molecule has 7 nitrogen and oxygen atoms in total. The summed E-state index contributed by atoms with van der Waals surface area (Å²) in [4.78, 5) is 38.2. The van der Waals surface area contributed by atoms with E-state index in [1.807, 2.05) is 43.3 Å². The summed E-state index contributed by atoms with van der Waals surface area (Å²) in [5, 5.41) is 4.22. The van der Waals surface area contributed by atoms with E-state index in [9.17, 15) is 14.4 Å². The summed E-state index contributed by atoms with van der Waals surface area (Å²) in [7, 11) is 3.17. The van der Waals surface area contributed by atoms with E-state index in [-0.39, 0.29) is 5.91 Å². The molecular weight excluding hydrogens is 416 g/mol. The van der Waals surface area contributed by atoms with E-state index in [2.05, 4.69) is 11.9 Å². The minimum absolute atomic E-state index is 0.131. The first-order valence-electron chi connectivity index (χ1n) is 9.83. The Morgan fingerprint density at radius 3 is 2.39 bits per heavy atom.